The maximum absolute atomic E-state index is 13.6. The van der Waals surface area contributed by atoms with Crippen LogP contribution in [-0.4, -0.2) is 15.5 Å². The predicted octanol–water partition coefficient (Wildman–Crippen LogP) is 5.12. The number of fused-ring (bicyclic) bond motifs is 1. The number of rotatable bonds is 5. The molecule has 28 heavy (non-hydrogen) atoms. The molecule has 0 saturated carbocycles. The van der Waals surface area contributed by atoms with Gasteiger partial charge in [-0.2, -0.15) is 0 Å². The molecule has 0 aliphatic rings. The van der Waals surface area contributed by atoms with E-state index < -0.39 is 11.6 Å². The van der Waals surface area contributed by atoms with E-state index in [1.165, 1.54) is 17.4 Å². The van der Waals surface area contributed by atoms with Crippen molar-refractivity contribution >= 4 is 43.4 Å². The van der Waals surface area contributed by atoms with Crippen LogP contribution in [0.15, 0.2) is 58.6 Å². The minimum absolute atomic E-state index is 0.241. The van der Waals surface area contributed by atoms with E-state index in [4.69, 9.17) is 0 Å². The van der Waals surface area contributed by atoms with Gasteiger partial charge in [-0.05, 0) is 57.4 Å². The van der Waals surface area contributed by atoms with Gasteiger partial charge in [-0.15, -0.1) is 11.3 Å². The number of halogens is 3. The van der Waals surface area contributed by atoms with Crippen molar-refractivity contribution in [2.45, 2.75) is 13.1 Å². The first kappa shape index (κ1) is 18.8. The van der Waals surface area contributed by atoms with E-state index in [9.17, 15) is 13.6 Å². The zero-order chi connectivity index (χ0) is 19.7. The van der Waals surface area contributed by atoms with Crippen molar-refractivity contribution in [2.75, 3.05) is 0 Å². The summed E-state index contributed by atoms with van der Waals surface area (Å²) < 4.78 is 30.5. The van der Waals surface area contributed by atoms with Gasteiger partial charge in [-0.25, -0.2) is 8.78 Å². The van der Waals surface area contributed by atoms with E-state index >= 15 is 0 Å². The van der Waals surface area contributed by atoms with Crippen LogP contribution in [0.3, 0.4) is 0 Å². The summed E-state index contributed by atoms with van der Waals surface area (Å²) in [6, 6.07) is 9.23. The molecule has 4 rings (SSSR count). The van der Waals surface area contributed by atoms with E-state index in [0.717, 1.165) is 32.4 Å². The zero-order valence-electron chi connectivity index (χ0n) is 14.5. The normalized spacial score (nSPS) is 11.1. The van der Waals surface area contributed by atoms with Crippen molar-refractivity contribution in [1.82, 2.24) is 14.9 Å². The van der Waals surface area contributed by atoms with Crippen LogP contribution in [0.25, 0.3) is 10.2 Å². The van der Waals surface area contributed by atoms with Gasteiger partial charge < -0.3 is 9.88 Å². The molecule has 0 fully saturated rings. The quantitative estimate of drug-likeness (QED) is 0.448. The fraction of sp³-hybridized carbons (Fsp3) is 0.100. The first-order chi connectivity index (χ1) is 13.5. The number of hydrogen-bond acceptors (Lipinski definition) is 3. The van der Waals surface area contributed by atoms with Crippen LogP contribution in [-0.2, 0) is 13.1 Å². The highest BCUT2D eigenvalue weighted by atomic mass is 79.9. The fourth-order valence-corrected chi connectivity index (χ4v) is 4.67. The van der Waals surface area contributed by atoms with E-state index in [2.05, 4.69) is 26.2 Å². The van der Waals surface area contributed by atoms with Crippen molar-refractivity contribution < 1.29 is 13.6 Å². The SMILES string of the molecule is O=C(NCc1ccncc1)c1cc2scc(Br)c2n1Cc1ccc(F)c(F)c1. The van der Waals surface area contributed by atoms with Gasteiger partial charge >= 0.3 is 0 Å². The second kappa shape index (κ2) is 7.81. The summed E-state index contributed by atoms with van der Waals surface area (Å²) >= 11 is 5.02. The van der Waals surface area contributed by atoms with Crippen molar-refractivity contribution in [3.8, 4) is 0 Å². The highest BCUT2D eigenvalue weighted by Crippen LogP contribution is 2.34. The standard InChI is InChI=1S/C20H14BrF2N3OS/c21-14-11-28-18-8-17(20(27)25-9-12-3-5-24-6-4-12)26(19(14)18)10-13-1-2-15(22)16(23)7-13/h1-8,11H,9-10H2,(H,25,27). The summed E-state index contributed by atoms with van der Waals surface area (Å²) in [7, 11) is 0. The number of nitrogens with one attached hydrogen (secondary N) is 1. The van der Waals surface area contributed by atoms with Gasteiger partial charge in [0.15, 0.2) is 11.6 Å². The average Bonchev–Trinajstić information content (AvgIpc) is 3.24. The molecule has 0 atom stereocenters. The average molecular weight is 462 g/mol. The second-order valence-corrected chi connectivity index (χ2v) is 7.96. The molecule has 0 aliphatic carbocycles. The van der Waals surface area contributed by atoms with Crippen molar-refractivity contribution in [3.63, 3.8) is 0 Å². The maximum Gasteiger partial charge on any atom is 0.268 e. The summed E-state index contributed by atoms with van der Waals surface area (Å²) in [5.74, 6) is -2.04. The molecule has 8 heteroatoms. The van der Waals surface area contributed by atoms with Crippen LogP contribution in [0.5, 0.6) is 0 Å². The van der Waals surface area contributed by atoms with E-state index in [1.807, 2.05) is 28.1 Å². The lowest BCUT2D eigenvalue weighted by molar-refractivity contribution is 0.0942. The lowest BCUT2D eigenvalue weighted by atomic mass is 10.2. The summed E-state index contributed by atoms with van der Waals surface area (Å²) in [5.41, 5.74) is 2.81. The first-order valence-electron chi connectivity index (χ1n) is 8.40. The Hall–Kier alpha value is -2.58. The monoisotopic (exact) mass is 461 g/mol. The first-order valence-corrected chi connectivity index (χ1v) is 10.1. The maximum atomic E-state index is 13.6. The molecule has 0 radical (unpaired) electrons. The summed E-state index contributed by atoms with van der Waals surface area (Å²) in [4.78, 5) is 16.8. The number of hydrogen-bond donors (Lipinski definition) is 1. The lowest BCUT2D eigenvalue weighted by Crippen LogP contribution is -2.25. The fourth-order valence-electron chi connectivity index (χ4n) is 2.98. The number of nitrogens with zero attached hydrogens (tertiary/aromatic N) is 2. The molecule has 0 bridgehead atoms. The molecule has 1 amide bonds. The summed E-state index contributed by atoms with van der Waals surface area (Å²) in [6.45, 7) is 0.612. The molecule has 0 saturated heterocycles. The van der Waals surface area contributed by atoms with Crippen LogP contribution in [0.4, 0.5) is 8.78 Å². The molecule has 1 N–H and O–H groups in total. The van der Waals surface area contributed by atoms with Gasteiger partial charge in [0, 0.05) is 30.9 Å². The number of amides is 1. The molecular formula is C20H14BrF2N3OS. The van der Waals surface area contributed by atoms with Gasteiger partial charge in [0.25, 0.3) is 5.91 Å². The molecule has 0 aliphatic heterocycles. The molecule has 4 aromatic rings. The van der Waals surface area contributed by atoms with E-state index in [1.54, 1.807) is 12.4 Å². The topological polar surface area (TPSA) is 46.9 Å². The summed E-state index contributed by atoms with van der Waals surface area (Å²) in [5, 5.41) is 4.84. The summed E-state index contributed by atoms with van der Waals surface area (Å²) in [6.07, 6.45) is 3.33. The number of aromatic nitrogens is 2. The molecule has 0 spiro atoms. The third kappa shape index (κ3) is 3.70. The Bertz CT molecular complexity index is 1160. The van der Waals surface area contributed by atoms with Crippen LogP contribution in [0.2, 0.25) is 0 Å². The Balaban J connectivity index is 1.66. The Morgan fingerprint density at radius 2 is 1.89 bits per heavy atom. The Morgan fingerprint density at radius 3 is 2.64 bits per heavy atom. The highest BCUT2D eigenvalue weighted by molar-refractivity contribution is 9.10. The minimum atomic E-state index is -0.908. The predicted molar refractivity (Wildman–Crippen MR) is 108 cm³/mol. The molecular weight excluding hydrogens is 448 g/mol. The van der Waals surface area contributed by atoms with E-state index in [-0.39, 0.29) is 12.5 Å². The van der Waals surface area contributed by atoms with Crippen molar-refractivity contribution in [1.29, 1.82) is 0 Å². The van der Waals surface area contributed by atoms with Crippen LogP contribution in [0, 0.1) is 11.6 Å². The zero-order valence-corrected chi connectivity index (χ0v) is 16.9. The molecule has 3 aromatic heterocycles. The Labute approximate surface area is 172 Å². The Morgan fingerprint density at radius 1 is 1.11 bits per heavy atom. The van der Waals surface area contributed by atoms with Crippen molar-refractivity contribution in [3.05, 3.63) is 87.1 Å². The van der Waals surface area contributed by atoms with Gasteiger partial charge in [0.1, 0.15) is 5.69 Å². The number of carbonyl (C=O) groups is 1. The smallest absolute Gasteiger partial charge is 0.268 e. The van der Waals surface area contributed by atoms with E-state index in [0.29, 0.717) is 17.8 Å². The highest BCUT2D eigenvalue weighted by Gasteiger charge is 2.19. The largest absolute Gasteiger partial charge is 0.347 e. The van der Waals surface area contributed by atoms with Crippen LogP contribution >= 0.6 is 27.3 Å². The Kier molecular flexibility index (Phi) is 5.23. The van der Waals surface area contributed by atoms with Gasteiger partial charge in [-0.3, -0.25) is 9.78 Å². The number of thiophene rings is 1. The van der Waals surface area contributed by atoms with Gasteiger partial charge in [0.2, 0.25) is 0 Å². The lowest BCUT2D eigenvalue weighted by Gasteiger charge is -2.12. The number of pyridine rings is 1. The minimum Gasteiger partial charge on any atom is -0.347 e. The second-order valence-electron chi connectivity index (χ2n) is 6.20. The molecule has 3 heterocycles. The van der Waals surface area contributed by atoms with Gasteiger partial charge in [-0.1, -0.05) is 6.07 Å². The molecule has 0 unspecified atom stereocenters. The van der Waals surface area contributed by atoms with Gasteiger partial charge in [0.05, 0.1) is 14.7 Å². The third-order valence-corrected chi connectivity index (χ3v) is 6.16. The third-order valence-electron chi connectivity index (χ3n) is 4.34. The molecule has 4 nitrogen and oxygen atoms in total. The molecule has 1 aromatic carbocycles. The van der Waals surface area contributed by atoms with Crippen molar-refractivity contribution in [2.24, 2.45) is 0 Å². The van der Waals surface area contributed by atoms with Crippen LogP contribution in [0.1, 0.15) is 21.6 Å². The van der Waals surface area contributed by atoms with Crippen LogP contribution < -0.4 is 5.32 Å². The number of benzene rings is 1. The molecule has 142 valence electrons. The number of carbonyl (C=O) groups excluding carboxylic acids is 1.